The van der Waals surface area contributed by atoms with Crippen LogP contribution in [-0.4, -0.2) is 35.1 Å². The van der Waals surface area contributed by atoms with E-state index in [2.05, 4.69) is 5.32 Å². The number of urea groups is 1. The summed E-state index contributed by atoms with van der Waals surface area (Å²) in [5, 5.41) is 12.5. The number of carboxylic acid groups (broad SMARTS) is 1. The molecule has 1 saturated heterocycles. The van der Waals surface area contributed by atoms with Gasteiger partial charge in [-0.3, -0.25) is 4.79 Å². The predicted molar refractivity (Wildman–Crippen MR) is 91.5 cm³/mol. The fraction of sp³-hybridized carbons (Fsp3) is 0.579. The number of carbonyl (C=O) groups is 2. The van der Waals surface area contributed by atoms with Gasteiger partial charge in [0.2, 0.25) is 0 Å². The maximum Gasteiger partial charge on any atom is 0.317 e. The van der Waals surface area contributed by atoms with E-state index in [0.29, 0.717) is 13.0 Å². The van der Waals surface area contributed by atoms with E-state index in [1.54, 1.807) is 0 Å². The molecule has 2 amide bonds. The smallest absolute Gasteiger partial charge is 0.317 e. The van der Waals surface area contributed by atoms with Crippen molar-refractivity contribution in [1.29, 1.82) is 0 Å². The SMILES string of the molecule is CC(C)C(NC(=O)N1C[C@@H]2CCC[C@@]2(C(=O)O)C1)c1ccc(F)cc1F. The van der Waals surface area contributed by atoms with Crippen LogP contribution >= 0.6 is 0 Å². The molecular formula is C19H24F2N2O3. The highest BCUT2D eigenvalue weighted by Crippen LogP contribution is 2.48. The van der Waals surface area contributed by atoms with Crippen LogP contribution in [0.4, 0.5) is 13.6 Å². The summed E-state index contributed by atoms with van der Waals surface area (Å²) in [5.74, 6) is -2.37. The number of rotatable bonds is 4. The van der Waals surface area contributed by atoms with Crippen LogP contribution in [0.15, 0.2) is 18.2 Å². The topological polar surface area (TPSA) is 69.6 Å². The Morgan fingerprint density at radius 3 is 2.65 bits per heavy atom. The van der Waals surface area contributed by atoms with Crippen LogP contribution in [0.5, 0.6) is 0 Å². The minimum Gasteiger partial charge on any atom is -0.481 e. The number of benzene rings is 1. The number of fused-ring (bicyclic) bond motifs is 1. The molecule has 1 heterocycles. The molecule has 0 spiro atoms. The summed E-state index contributed by atoms with van der Waals surface area (Å²) in [6, 6.07) is 2.29. The third kappa shape index (κ3) is 3.15. The summed E-state index contributed by atoms with van der Waals surface area (Å²) in [6.45, 7) is 4.25. The van der Waals surface area contributed by atoms with E-state index >= 15 is 0 Å². The summed E-state index contributed by atoms with van der Waals surface area (Å²) in [6.07, 6.45) is 2.25. The molecule has 0 aromatic heterocycles. The second-order valence-electron chi connectivity index (χ2n) is 7.77. The van der Waals surface area contributed by atoms with Crippen molar-refractivity contribution in [2.75, 3.05) is 13.1 Å². The van der Waals surface area contributed by atoms with Gasteiger partial charge in [0.25, 0.3) is 0 Å². The number of carbonyl (C=O) groups excluding carboxylic acids is 1. The highest BCUT2D eigenvalue weighted by atomic mass is 19.1. The average Bonchev–Trinajstić information content (AvgIpc) is 3.11. The molecule has 7 heteroatoms. The van der Waals surface area contributed by atoms with Crippen molar-refractivity contribution in [3.05, 3.63) is 35.4 Å². The van der Waals surface area contributed by atoms with Crippen molar-refractivity contribution in [3.63, 3.8) is 0 Å². The van der Waals surface area contributed by atoms with Crippen molar-refractivity contribution >= 4 is 12.0 Å². The van der Waals surface area contributed by atoms with Gasteiger partial charge in [-0.25, -0.2) is 13.6 Å². The Kier molecular flexibility index (Phi) is 4.90. The first-order valence-electron chi connectivity index (χ1n) is 8.98. The van der Waals surface area contributed by atoms with Gasteiger partial charge in [-0.05, 0) is 30.7 Å². The summed E-state index contributed by atoms with van der Waals surface area (Å²) in [7, 11) is 0. The molecule has 3 atom stereocenters. The van der Waals surface area contributed by atoms with Crippen LogP contribution in [0, 0.1) is 28.9 Å². The van der Waals surface area contributed by atoms with E-state index < -0.39 is 35.1 Å². The molecule has 0 bridgehead atoms. The zero-order valence-electron chi connectivity index (χ0n) is 15.0. The molecule has 1 aliphatic carbocycles. The second kappa shape index (κ2) is 6.85. The second-order valence-corrected chi connectivity index (χ2v) is 7.77. The summed E-state index contributed by atoms with van der Waals surface area (Å²) in [4.78, 5) is 26.0. The fourth-order valence-corrected chi connectivity index (χ4v) is 4.38. The Bertz CT molecular complexity index is 725. The van der Waals surface area contributed by atoms with E-state index in [0.717, 1.165) is 18.9 Å². The molecule has 1 aromatic rings. The lowest BCUT2D eigenvalue weighted by molar-refractivity contribution is -0.149. The van der Waals surface area contributed by atoms with Crippen LogP contribution in [0.25, 0.3) is 0 Å². The lowest BCUT2D eigenvalue weighted by Crippen LogP contribution is -2.44. The first-order valence-corrected chi connectivity index (χ1v) is 8.98. The van der Waals surface area contributed by atoms with E-state index in [4.69, 9.17) is 0 Å². The number of nitrogens with zero attached hydrogens (tertiary/aromatic N) is 1. The first kappa shape index (κ1) is 18.6. The largest absolute Gasteiger partial charge is 0.481 e. The number of aliphatic carboxylic acids is 1. The average molecular weight is 366 g/mol. The van der Waals surface area contributed by atoms with Crippen molar-refractivity contribution in [2.24, 2.45) is 17.3 Å². The quantitative estimate of drug-likeness (QED) is 0.856. The van der Waals surface area contributed by atoms with Gasteiger partial charge in [-0.1, -0.05) is 26.3 Å². The lowest BCUT2D eigenvalue weighted by atomic mass is 9.81. The number of carboxylic acids is 1. The molecular weight excluding hydrogens is 342 g/mol. The van der Waals surface area contributed by atoms with Gasteiger partial charge in [-0.2, -0.15) is 0 Å². The maximum atomic E-state index is 14.2. The minimum absolute atomic E-state index is 0.0363. The third-order valence-corrected chi connectivity index (χ3v) is 5.83. The number of amides is 2. The molecule has 1 saturated carbocycles. The number of likely N-dealkylation sites (tertiary alicyclic amines) is 1. The van der Waals surface area contributed by atoms with Crippen molar-refractivity contribution < 1.29 is 23.5 Å². The Hall–Kier alpha value is -2.18. The Labute approximate surface area is 151 Å². The Morgan fingerprint density at radius 2 is 2.08 bits per heavy atom. The van der Waals surface area contributed by atoms with E-state index in [-0.39, 0.29) is 23.9 Å². The fourth-order valence-electron chi connectivity index (χ4n) is 4.38. The number of hydrogen-bond donors (Lipinski definition) is 2. The van der Waals surface area contributed by atoms with Gasteiger partial charge in [-0.15, -0.1) is 0 Å². The van der Waals surface area contributed by atoms with Crippen LogP contribution < -0.4 is 5.32 Å². The standard InChI is InChI=1S/C19H24F2N2O3/c1-11(2)16(14-6-5-13(20)8-15(14)21)22-18(26)23-9-12-4-3-7-19(12,10-23)17(24)25/h5-6,8,11-12,16H,3-4,7,9-10H2,1-2H3,(H,22,26)(H,24,25)/t12-,16?,19+/m0/s1. The zero-order valence-corrected chi connectivity index (χ0v) is 15.0. The summed E-state index contributed by atoms with van der Waals surface area (Å²) >= 11 is 0. The van der Waals surface area contributed by atoms with Gasteiger partial charge in [0.05, 0.1) is 11.5 Å². The van der Waals surface area contributed by atoms with Gasteiger partial charge in [0.1, 0.15) is 11.6 Å². The molecule has 1 aliphatic heterocycles. The first-order chi connectivity index (χ1) is 12.2. The summed E-state index contributed by atoms with van der Waals surface area (Å²) < 4.78 is 27.3. The highest BCUT2D eigenvalue weighted by molar-refractivity contribution is 5.80. The van der Waals surface area contributed by atoms with E-state index in [9.17, 15) is 23.5 Å². The van der Waals surface area contributed by atoms with Gasteiger partial charge < -0.3 is 15.3 Å². The molecule has 2 aliphatic rings. The molecule has 2 fully saturated rings. The van der Waals surface area contributed by atoms with Crippen molar-refractivity contribution in [3.8, 4) is 0 Å². The molecule has 5 nitrogen and oxygen atoms in total. The zero-order chi connectivity index (χ0) is 19.1. The Morgan fingerprint density at radius 1 is 1.35 bits per heavy atom. The monoisotopic (exact) mass is 366 g/mol. The highest BCUT2D eigenvalue weighted by Gasteiger charge is 2.55. The Balaban J connectivity index is 1.76. The number of halogens is 2. The normalized spacial score (nSPS) is 26.0. The predicted octanol–water partition coefficient (Wildman–Crippen LogP) is 3.56. The summed E-state index contributed by atoms with van der Waals surface area (Å²) in [5.41, 5.74) is -0.631. The van der Waals surface area contributed by atoms with E-state index in [1.807, 2.05) is 13.8 Å². The maximum absolute atomic E-state index is 14.2. The van der Waals surface area contributed by atoms with Gasteiger partial charge in [0, 0.05) is 24.7 Å². The molecule has 142 valence electrons. The van der Waals surface area contributed by atoms with Crippen molar-refractivity contribution in [2.45, 2.75) is 39.2 Å². The molecule has 0 radical (unpaired) electrons. The van der Waals surface area contributed by atoms with Gasteiger partial charge >= 0.3 is 12.0 Å². The number of hydrogen-bond acceptors (Lipinski definition) is 2. The van der Waals surface area contributed by atoms with Crippen molar-refractivity contribution in [1.82, 2.24) is 10.2 Å². The van der Waals surface area contributed by atoms with Gasteiger partial charge in [0.15, 0.2) is 0 Å². The van der Waals surface area contributed by atoms with Crippen LogP contribution in [0.3, 0.4) is 0 Å². The lowest BCUT2D eigenvalue weighted by Gasteiger charge is -2.28. The molecule has 1 aromatic carbocycles. The third-order valence-electron chi connectivity index (χ3n) is 5.83. The number of nitrogens with one attached hydrogen (secondary N) is 1. The van der Waals surface area contributed by atoms with Crippen LogP contribution in [0.2, 0.25) is 0 Å². The molecule has 3 rings (SSSR count). The molecule has 2 N–H and O–H groups in total. The molecule has 1 unspecified atom stereocenters. The van der Waals surface area contributed by atoms with E-state index in [1.165, 1.54) is 17.0 Å². The minimum atomic E-state index is -0.855. The van der Waals surface area contributed by atoms with Crippen LogP contribution in [-0.2, 0) is 4.79 Å². The van der Waals surface area contributed by atoms with Crippen LogP contribution in [0.1, 0.15) is 44.7 Å². The molecule has 26 heavy (non-hydrogen) atoms.